The Morgan fingerprint density at radius 3 is 2.80 bits per heavy atom. The minimum atomic E-state index is -0.127. The van der Waals surface area contributed by atoms with E-state index < -0.39 is 0 Å². The van der Waals surface area contributed by atoms with E-state index in [1.54, 1.807) is 6.07 Å². The highest BCUT2D eigenvalue weighted by molar-refractivity contribution is 5.22. The second kappa shape index (κ2) is 4.58. The lowest BCUT2D eigenvalue weighted by atomic mass is 10.0. The highest BCUT2D eigenvalue weighted by Crippen LogP contribution is 2.27. The molecule has 0 aromatic heterocycles. The van der Waals surface area contributed by atoms with Crippen molar-refractivity contribution in [2.75, 3.05) is 0 Å². The van der Waals surface area contributed by atoms with Gasteiger partial charge in [-0.3, -0.25) is 0 Å². The second-order valence-electron chi connectivity index (χ2n) is 4.04. The Balaban J connectivity index is 2.14. The van der Waals surface area contributed by atoms with Gasteiger partial charge in [0, 0.05) is 17.6 Å². The molecule has 1 fully saturated rings. The average Bonchev–Trinajstić information content (AvgIpc) is 3.02. The summed E-state index contributed by atoms with van der Waals surface area (Å²) in [4.78, 5) is 0. The van der Waals surface area contributed by atoms with E-state index in [1.807, 2.05) is 18.2 Å². The van der Waals surface area contributed by atoms with Crippen molar-refractivity contribution in [3.63, 3.8) is 0 Å². The van der Waals surface area contributed by atoms with E-state index in [9.17, 15) is 4.39 Å². The van der Waals surface area contributed by atoms with Crippen LogP contribution in [0.3, 0.4) is 0 Å². The maximum Gasteiger partial charge on any atom is 0.127 e. The molecule has 0 saturated heterocycles. The zero-order valence-corrected chi connectivity index (χ0v) is 8.75. The smallest absolute Gasteiger partial charge is 0.127 e. The highest BCUT2D eigenvalue weighted by Gasteiger charge is 2.25. The molecule has 0 radical (unpaired) electrons. The Morgan fingerprint density at radius 1 is 1.47 bits per heavy atom. The van der Waals surface area contributed by atoms with Gasteiger partial charge >= 0.3 is 0 Å². The van der Waals surface area contributed by atoms with Gasteiger partial charge in [-0.2, -0.15) is 0 Å². The molecule has 1 aliphatic rings. The molecule has 0 heterocycles. The first-order valence-electron chi connectivity index (χ1n) is 5.42. The predicted molar refractivity (Wildman–Crippen MR) is 60.1 cm³/mol. The highest BCUT2D eigenvalue weighted by atomic mass is 19.1. The van der Waals surface area contributed by atoms with E-state index in [2.05, 4.69) is 11.9 Å². The van der Waals surface area contributed by atoms with Crippen LogP contribution >= 0.6 is 0 Å². The summed E-state index contributed by atoms with van der Waals surface area (Å²) < 4.78 is 13.6. The van der Waals surface area contributed by atoms with Gasteiger partial charge in [0.15, 0.2) is 0 Å². The molecule has 1 aliphatic carbocycles. The van der Waals surface area contributed by atoms with Gasteiger partial charge in [0.1, 0.15) is 5.82 Å². The minimum absolute atomic E-state index is 0.0798. The summed E-state index contributed by atoms with van der Waals surface area (Å²) >= 11 is 0. The van der Waals surface area contributed by atoms with Crippen molar-refractivity contribution in [3.8, 4) is 0 Å². The summed E-state index contributed by atoms with van der Waals surface area (Å²) in [5.41, 5.74) is 0.754. The molecule has 15 heavy (non-hydrogen) atoms. The van der Waals surface area contributed by atoms with Gasteiger partial charge in [0.25, 0.3) is 0 Å². The third-order valence-corrected chi connectivity index (χ3v) is 2.70. The fourth-order valence-corrected chi connectivity index (χ4v) is 1.74. The normalized spacial score (nSPS) is 17.4. The van der Waals surface area contributed by atoms with Gasteiger partial charge in [-0.1, -0.05) is 24.3 Å². The van der Waals surface area contributed by atoms with Crippen molar-refractivity contribution in [3.05, 3.63) is 48.3 Å². The van der Waals surface area contributed by atoms with Crippen molar-refractivity contribution in [2.45, 2.75) is 31.3 Å². The standard InChI is InChI=1S/C13H16FN/c1-2-5-13(15-10-8-9-10)11-6-3-4-7-12(11)14/h2-4,6-7,10,13,15H,1,5,8-9H2. The van der Waals surface area contributed by atoms with Crippen molar-refractivity contribution in [1.29, 1.82) is 0 Å². The van der Waals surface area contributed by atoms with Crippen LogP contribution in [0.15, 0.2) is 36.9 Å². The quantitative estimate of drug-likeness (QED) is 0.728. The van der Waals surface area contributed by atoms with Crippen molar-refractivity contribution < 1.29 is 4.39 Å². The third-order valence-electron chi connectivity index (χ3n) is 2.70. The summed E-state index contributed by atoms with van der Waals surface area (Å²) in [5.74, 6) is -0.127. The van der Waals surface area contributed by atoms with Gasteiger partial charge in [-0.15, -0.1) is 6.58 Å². The van der Waals surface area contributed by atoms with E-state index in [0.717, 1.165) is 12.0 Å². The van der Waals surface area contributed by atoms with Crippen LogP contribution in [-0.4, -0.2) is 6.04 Å². The van der Waals surface area contributed by atoms with Crippen LogP contribution in [0.2, 0.25) is 0 Å². The van der Waals surface area contributed by atoms with Crippen LogP contribution in [0.5, 0.6) is 0 Å². The van der Waals surface area contributed by atoms with Crippen molar-refractivity contribution >= 4 is 0 Å². The number of rotatable bonds is 5. The van der Waals surface area contributed by atoms with E-state index in [1.165, 1.54) is 18.9 Å². The molecular formula is C13H16FN. The molecule has 1 unspecified atom stereocenters. The summed E-state index contributed by atoms with van der Waals surface area (Å²) in [5, 5.41) is 3.44. The lowest BCUT2D eigenvalue weighted by Gasteiger charge is -2.17. The lowest BCUT2D eigenvalue weighted by Crippen LogP contribution is -2.23. The summed E-state index contributed by atoms with van der Waals surface area (Å²) in [7, 11) is 0. The zero-order valence-electron chi connectivity index (χ0n) is 8.75. The van der Waals surface area contributed by atoms with E-state index >= 15 is 0 Å². The molecule has 2 heteroatoms. The number of benzene rings is 1. The second-order valence-corrected chi connectivity index (χ2v) is 4.04. The van der Waals surface area contributed by atoms with Gasteiger partial charge in [0.05, 0.1) is 0 Å². The Morgan fingerprint density at radius 2 is 2.20 bits per heavy atom. The zero-order chi connectivity index (χ0) is 10.7. The molecule has 2 rings (SSSR count). The van der Waals surface area contributed by atoms with E-state index in [4.69, 9.17) is 0 Å². The van der Waals surface area contributed by atoms with Crippen LogP contribution in [0, 0.1) is 5.82 Å². The molecular weight excluding hydrogens is 189 g/mol. The molecule has 80 valence electrons. The minimum Gasteiger partial charge on any atom is -0.307 e. The van der Waals surface area contributed by atoms with Crippen molar-refractivity contribution in [2.24, 2.45) is 0 Å². The first-order valence-corrected chi connectivity index (χ1v) is 5.42. The van der Waals surface area contributed by atoms with E-state index in [-0.39, 0.29) is 11.9 Å². The van der Waals surface area contributed by atoms with Crippen LogP contribution in [0.25, 0.3) is 0 Å². The fraction of sp³-hybridized carbons (Fsp3) is 0.385. The van der Waals surface area contributed by atoms with Gasteiger partial charge in [-0.05, 0) is 25.3 Å². The van der Waals surface area contributed by atoms with Crippen molar-refractivity contribution in [1.82, 2.24) is 5.32 Å². The first kappa shape index (κ1) is 10.4. The average molecular weight is 205 g/mol. The summed E-state index contributed by atoms with van der Waals surface area (Å²) in [6.45, 7) is 3.72. The van der Waals surface area contributed by atoms with Crippen LogP contribution in [0.1, 0.15) is 30.9 Å². The molecule has 0 aliphatic heterocycles. The number of hydrogen-bond donors (Lipinski definition) is 1. The molecule has 1 aromatic carbocycles. The molecule has 0 spiro atoms. The lowest BCUT2D eigenvalue weighted by molar-refractivity contribution is 0.501. The molecule has 0 bridgehead atoms. The molecule has 1 atom stereocenters. The Bertz CT molecular complexity index is 344. The first-order chi connectivity index (χ1) is 7.31. The molecule has 1 N–H and O–H groups in total. The topological polar surface area (TPSA) is 12.0 Å². The molecule has 1 saturated carbocycles. The third kappa shape index (κ3) is 2.66. The maximum absolute atomic E-state index is 13.6. The van der Waals surface area contributed by atoms with E-state index in [0.29, 0.717) is 6.04 Å². The molecule has 0 amide bonds. The monoisotopic (exact) mass is 205 g/mol. The maximum atomic E-state index is 13.6. The summed E-state index contributed by atoms with van der Waals surface area (Å²) in [6, 6.07) is 7.62. The van der Waals surface area contributed by atoms with Gasteiger partial charge < -0.3 is 5.32 Å². The van der Waals surface area contributed by atoms with Crippen LogP contribution in [-0.2, 0) is 0 Å². The number of halogens is 1. The fourth-order valence-electron chi connectivity index (χ4n) is 1.74. The predicted octanol–water partition coefficient (Wildman–Crippen LogP) is 3.19. The Labute approximate surface area is 90.0 Å². The van der Waals surface area contributed by atoms with Crippen LogP contribution < -0.4 is 5.32 Å². The molecule has 1 nitrogen and oxygen atoms in total. The van der Waals surface area contributed by atoms with Gasteiger partial charge in [0.2, 0.25) is 0 Å². The summed E-state index contributed by atoms with van der Waals surface area (Å²) in [6.07, 6.45) is 5.04. The van der Waals surface area contributed by atoms with Crippen LogP contribution in [0.4, 0.5) is 4.39 Å². The van der Waals surface area contributed by atoms with Gasteiger partial charge in [-0.25, -0.2) is 4.39 Å². The largest absolute Gasteiger partial charge is 0.307 e. The number of nitrogens with one attached hydrogen (secondary N) is 1. The SMILES string of the molecule is C=CCC(NC1CC1)c1ccccc1F. The Kier molecular flexibility index (Phi) is 3.17. The Hall–Kier alpha value is -1.15. The molecule has 1 aromatic rings. The number of hydrogen-bond acceptors (Lipinski definition) is 1.